The largest absolute Gasteiger partial charge is 0.390 e. The van der Waals surface area contributed by atoms with Crippen LogP contribution in [0.4, 0.5) is 4.39 Å². The van der Waals surface area contributed by atoms with Gasteiger partial charge >= 0.3 is 0 Å². The van der Waals surface area contributed by atoms with Crippen molar-refractivity contribution in [3.05, 3.63) is 54.1 Å². The standard InChI is InChI=1S/C14H18FN3O/c1-11(12-4-2-5-13(15)8-12)16-9-14(19)10-18-7-3-6-17-18/h2-8,11,14,16,19H,9-10H2,1H3/t11-,14?/m0/s1. The van der Waals surface area contributed by atoms with Crippen LogP contribution in [0.1, 0.15) is 18.5 Å². The quantitative estimate of drug-likeness (QED) is 0.834. The number of halogens is 1. The van der Waals surface area contributed by atoms with Gasteiger partial charge in [0.05, 0.1) is 12.6 Å². The molecule has 1 aromatic heterocycles. The van der Waals surface area contributed by atoms with E-state index in [1.807, 2.05) is 19.1 Å². The van der Waals surface area contributed by atoms with Crippen LogP contribution in [-0.4, -0.2) is 27.5 Å². The zero-order valence-corrected chi connectivity index (χ0v) is 10.8. The molecule has 2 N–H and O–H groups in total. The van der Waals surface area contributed by atoms with Gasteiger partial charge in [0.25, 0.3) is 0 Å². The summed E-state index contributed by atoms with van der Waals surface area (Å²) < 4.78 is 14.8. The van der Waals surface area contributed by atoms with E-state index in [1.165, 1.54) is 12.1 Å². The van der Waals surface area contributed by atoms with Crippen LogP contribution in [0, 0.1) is 5.82 Å². The maximum Gasteiger partial charge on any atom is 0.123 e. The molecule has 19 heavy (non-hydrogen) atoms. The highest BCUT2D eigenvalue weighted by Gasteiger charge is 2.10. The van der Waals surface area contributed by atoms with Crippen LogP contribution >= 0.6 is 0 Å². The van der Waals surface area contributed by atoms with Gasteiger partial charge in [-0.05, 0) is 30.7 Å². The van der Waals surface area contributed by atoms with E-state index in [0.717, 1.165) is 5.56 Å². The van der Waals surface area contributed by atoms with E-state index in [4.69, 9.17) is 0 Å². The van der Waals surface area contributed by atoms with Crippen molar-refractivity contribution >= 4 is 0 Å². The van der Waals surface area contributed by atoms with Crippen molar-refractivity contribution in [2.75, 3.05) is 6.54 Å². The average molecular weight is 263 g/mol. The molecule has 0 amide bonds. The number of aromatic nitrogens is 2. The number of nitrogens with zero attached hydrogens (tertiary/aromatic N) is 2. The second kappa shape index (κ2) is 6.45. The number of aliphatic hydroxyl groups is 1. The fourth-order valence-corrected chi connectivity index (χ4v) is 1.90. The molecular weight excluding hydrogens is 245 g/mol. The Bertz CT molecular complexity index is 501. The lowest BCUT2D eigenvalue weighted by Gasteiger charge is -2.17. The van der Waals surface area contributed by atoms with Crippen LogP contribution in [0.2, 0.25) is 0 Å². The SMILES string of the molecule is C[C@H](NCC(O)Cn1cccn1)c1cccc(F)c1. The van der Waals surface area contributed by atoms with E-state index in [2.05, 4.69) is 10.4 Å². The second-order valence-corrected chi connectivity index (χ2v) is 4.57. The number of aliphatic hydroxyl groups excluding tert-OH is 1. The first-order chi connectivity index (χ1) is 9.15. The van der Waals surface area contributed by atoms with E-state index in [1.54, 1.807) is 23.1 Å². The monoisotopic (exact) mass is 263 g/mol. The van der Waals surface area contributed by atoms with Crippen molar-refractivity contribution in [2.24, 2.45) is 0 Å². The molecule has 0 bridgehead atoms. The maximum atomic E-state index is 13.1. The van der Waals surface area contributed by atoms with Crippen LogP contribution in [0.3, 0.4) is 0 Å². The van der Waals surface area contributed by atoms with Gasteiger partial charge in [-0.3, -0.25) is 4.68 Å². The molecule has 0 aliphatic rings. The molecule has 2 rings (SSSR count). The number of nitrogens with one attached hydrogen (secondary N) is 1. The third-order valence-corrected chi connectivity index (χ3v) is 2.97. The Morgan fingerprint density at radius 1 is 1.42 bits per heavy atom. The molecule has 0 radical (unpaired) electrons. The lowest BCUT2D eigenvalue weighted by atomic mass is 10.1. The topological polar surface area (TPSA) is 50.1 Å². The van der Waals surface area contributed by atoms with E-state index in [0.29, 0.717) is 13.1 Å². The molecule has 1 unspecified atom stereocenters. The molecule has 2 aromatic rings. The van der Waals surface area contributed by atoms with Gasteiger partial charge in [-0.15, -0.1) is 0 Å². The van der Waals surface area contributed by atoms with Gasteiger partial charge in [0.2, 0.25) is 0 Å². The van der Waals surface area contributed by atoms with E-state index in [-0.39, 0.29) is 11.9 Å². The fraction of sp³-hybridized carbons (Fsp3) is 0.357. The third-order valence-electron chi connectivity index (χ3n) is 2.97. The van der Waals surface area contributed by atoms with Gasteiger partial charge in [-0.2, -0.15) is 5.10 Å². The molecular formula is C14H18FN3O. The lowest BCUT2D eigenvalue weighted by molar-refractivity contribution is 0.143. The number of hydrogen-bond donors (Lipinski definition) is 2. The Morgan fingerprint density at radius 2 is 2.26 bits per heavy atom. The fourth-order valence-electron chi connectivity index (χ4n) is 1.90. The summed E-state index contributed by atoms with van der Waals surface area (Å²) >= 11 is 0. The molecule has 0 saturated heterocycles. The van der Waals surface area contributed by atoms with E-state index >= 15 is 0 Å². The zero-order valence-electron chi connectivity index (χ0n) is 10.8. The van der Waals surface area contributed by atoms with Gasteiger partial charge in [-0.1, -0.05) is 12.1 Å². The predicted octanol–water partition coefficient (Wildman–Crippen LogP) is 1.73. The zero-order chi connectivity index (χ0) is 13.7. The van der Waals surface area contributed by atoms with Crippen LogP contribution in [0.15, 0.2) is 42.7 Å². The second-order valence-electron chi connectivity index (χ2n) is 4.57. The molecule has 1 aromatic carbocycles. The minimum Gasteiger partial charge on any atom is -0.390 e. The molecule has 1 heterocycles. The minimum absolute atomic E-state index is 0.0111. The Kier molecular flexibility index (Phi) is 4.65. The van der Waals surface area contributed by atoms with E-state index in [9.17, 15) is 9.50 Å². The highest BCUT2D eigenvalue weighted by atomic mass is 19.1. The summed E-state index contributed by atoms with van der Waals surface area (Å²) in [5, 5.41) is 17.1. The molecule has 5 heteroatoms. The van der Waals surface area contributed by atoms with Crippen molar-refractivity contribution in [1.82, 2.24) is 15.1 Å². The van der Waals surface area contributed by atoms with Gasteiger partial charge in [0, 0.05) is 25.0 Å². The van der Waals surface area contributed by atoms with Crippen molar-refractivity contribution in [1.29, 1.82) is 0 Å². The smallest absolute Gasteiger partial charge is 0.123 e. The van der Waals surface area contributed by atoms with Crippen molar-refractivity contribution < 1.29 is 9.50 Å². The van der Waals surface area contributed by atoms with Crippen LogP contribution in [0.5, 0.6) is 0 Å². The molecule has 0 aliphatic carbocycles. The highest BCUT2D eigenvalue weighted by molar-refractivity contribution is 5.19. The molecule has 0 aliphatic heterocycles. The number of hydrogen-bond acceptors (Lipinski definition) is 3. The average Bonchev–Trinajstić information content (AvgIpc) is 2.88. The Labute approximate surface area is 111 Å². The summed E-state index contributed by atoms with van der Waals surface area (Å²) in [6, 6.07) is 8.27. The van der Waals surface area contributed by atoms with Crippen molar-refractivity contribution in [2.45, 2.75) is 25.6 Å². The van der Waals surface area contributed by atoms with Crippen molar-refractivity contribution in [3.63, 3.8) is 0 Å². The summed E-state index contributed by atoms with van der Waals surface area (Å²) in [7, 11) is 0. The molecule has 2 atom stereocenters. The molecule has 0 saturated carbocycles. The first-order valence-corrected chi connectivity index (χ1v) is 6.29. The third kappa shape index (κ3) is 4.15. The molecule has 102 valence electrons. The summed E-state index contributed by atoms with van der Waals surface area (Å²) in [4.78, 5) is 0. The summed E-state index contributed by atoms with van der Waals surface area (Å²) in [6.45, 7) is 2.81. The number of benzene rings is 1. The van der Waals surface area contributed by atoms with Crippen LogP contribution < -0.4 is 5.32 Å². The normalized spacial score (nSPS) is 14.3. The van der Waals surface area contributed by atoms with Crippen LogP contribution in [0.25, 0.3) is 0 Å². The van der Waals surface area contributed by atoms with Crippen molar-refractivity contribution in [3.8, 4) is 0 Å². The Balaban J connectivity index is 1.81. The highest BCUT2D eigenvalue weighted by Crippen LogP contribution is 2.13. The van der Waals surface area contributed by atoms with E-state index < -0.39 is 6.10 Å². The minimum atomic E-state index is -0.532. The molecule has 0 fully saturated rings. The first-order valence-electron chi connectivity index (χ1n) is 6.29. The summed E-state index contributed by atoms with van der Waals surface area (Å²) in [5.74, 6) is -0.247. The maximum absolute atomic E-state index is 13.1. The lowest BCUT2D eigenvalue weighted by Crippen LogP contribution is -2.32. The molecule has 4 nitrogen and oxygen atoms in total. The van der Waals surface area contributed by atoms with Gasteiger partial charge in [-0.25, -0.2) is 4.39 Å². The van der Waals surface area contributed by atoms with Gasteiger partial charge in [0.1, 0.15) is 5.82 Å². The van der Waals surface area contributed by atoms with Gasteiger partial charge < -0.3 is 10.4 Å². The summed E-state index contributed by atoms with van der Waals surface area (Å²) in [5.41, 5.74) is 0.867. The first kappa shape index (κ1) is 13.7. The Morgan fingerprint density at radius 3 is 2.95 bits per heavy atom. The summed E-state index contributed by atoms with van der Waals surface area (Å²) in [6.07, 6.45) is 2.95. The van der Waals surface area contributed by atoms with Crippen LogP contribution in [-0.2, 0) is 6.54 Å². The Hall–Kier alpha value is -1.72. The van der Waals surface area contributed by atoms with Gasteiger partial charge in [0.15, 0.2) is 0 Å². The predicted molar refractivity (Wildman–Crippen MR) is 71.1 cm³/mol. The molecule has 0 spiro atoms. The number of rotatable bonds is 6.